The van der Waals surface area contributed by atoms with Crippen molar-refractivity contribution in [2.45, 2.75) is 13.0 Å². The van der Waals surface area contributed by atoms with Gasteiger partial charge in [-0.05, 0) is 13.1 Å². The van der Waals surface area contributed by atoms with Gasteiger partial charge >= 0.3 is 0 Å². The van der Waals surface area contributed by atoms with Gasteiger partial charge in [0, 0.05) is 25.1 Å². The summed E-state index contributed by atoms with van der Waals surface area (Å²) < 4.78 is 5.20. The maximum Gasteiger partial charge on any atom is 0.221 e. The van der Waals surface area contributed by atoms with Gasteiger partial charge < -0.3 is 15.4 Å². The summed E-state index contributed by atoms with van der Waals surface area (Å²) in [6.07, 6.45) is 0.492. The first-order valence-corrected chi connectivity index (χ1v) is 5.31. The van der Waals surface area contributed by atoms with Crippen LogP contribution in [0.3, 0.4) is 0 Å². The first kappa shape index (κ1) is 15.7. The summed E-state index contributed by atoms with van der Waals surface area (Å²) in [7, 11) is 3.45. The molecule has 0 spiro atoms. The van der Waals surface area contributed by atoms with E-state index in [2.05, 4.69) is 10.6 Å². The van der Waals surface area contributed by atoms with Crippen molar-refractivity contribution < 1.29 is 9.53 Å². The Hall–Kier alpha value is -1.26. The molecule has 0 saturated carbocycles. The fourth-order valence-electron chi connectivity index (χ4n) is 1.37. The molecule has 1 amide bonds. The number of rotatable bonds is 6. The predicted molar refractivity (Wildman–Crippen MR) is 70.6 cm³/mol. The van der Waals surface area contributed by atoms with Gasteiger partial charge in [0.15, 0.2) is 0 Å². The molecule has 0 heterocycles. The van der Waals surface area contributed by atoms with E-state index in [9.17, 15) is 4.79 Å². The third-order valence-corrected chi connectivity index (χ3v) is 2.27. The highest BCUT2D eigenvalue weighted by atomic mass is 35.5. The van der Waals surface area contributed by atoms with E-state index in [1.807, 2.05) is 31.3 Å². The number of halogens is 1. The highest BCUT2D eigenvalue weighted by molar-refractivity contribution is 5.85. The monoisotopic (exact) mass is 258 g/mol. The molecule has 0 aliphatic carbocycles. The van der Waals surface area contributed by atoms with Gasteiger partial charge in [-0.3, -0.25) is 4.79 Å². The van der Waals surface area contributed by atoms with Crippen molar-refractivity contribution in [1.29, 1.82) is 0 Å². The Morgan fingerprint density at radius 1 is 1.35 bits per heavy atom. The smallest absolute Gasteiger partial charge is 0.221 e. The van der Waals surface area contributed by atoms with Crippen molar-refractivity contribution >= 4 is 18.3 Å². The number of amides is 1. The van der Waals surface area contributed by atoms with Crippen LogP contribution in [0.15, 0.2) is 24.3 Å². The second-order valence-corrected chi connectivity index (χ2v) is 3.44. The van der Waals surface area contributed by atoms with Gasteiger partial charge in [-0.1, -0.05) is 18.2 Å². The van der Waals surface area contributed by atoms with Gasteiger partial charge in [-0.15, -0.1) is 12.4 Å². The molecule has 5 heteroatoms. The zero-order valence-electron chi connectivity index (χ0n) is 10.2. The molecule has 1 rings (SSSR count). The lowest BCUT2D eigenvalue weighted by molar-refractivity contribution is -0.121. The van der Waals surface area contributed by atoms with Gasteiger partial charge in [-0.2, -0.15) is 0 Å². The largest absolute Gasteiger partial charge is 0.496 e. The number of hydrogen-bond donors (Lipinski definition) is 2. The molecule has 0 bridgehead atoms. The summed E-state index contributed by atoms with van der Waals surface area (Å²) in [5.41, 5.74) is 0.989. The molecule has 2 N–H and O–H groups in total. The third kappa shape index (κ3) is 5.56. The van der Waals surface area contributed by atoms with Crippen LogP contribution in [0.25, 0.3) is 0 Å². The molecule has 4 nitrogen and oxygen atoms in total. The molecule has 0 atom stereocenters. The lowest BCUT2D eigenvalue weighted by atomic mass is 10.2. The molecule has 0 radical (unpaired) electrons. The first-order chi connectivity index (χ1) is 7.77. The molecule has 17 heavy (non-hydrogen) atoms. The van der Waals surface area contributed by atoms with E-state index in [1.54, 1.807) is 7.11 Å². The zero-order valence-corrected chi connectivity index (χ0v) is 11.0. The number of benzene rings is 1. The van der Waals surface area contributed by atoms with Crippen LogP contribution in [0.2, 0.25) is 0 Å². The van der Waals surface area contributed by atoms with Crippen molar-refractivity contribution in [2.75, 3.05) is 20.7 Å². The van der Waals surface area contributed by atoms with Crippen LogP contribution in [0.4, 0.5) is 0 Å². The fourth-order valence-corrected chi connectivity index (χ4v) is 1.37. The number of nitrogens with one attached hydrogen (secondary N) is 2. The van der Waals surface area contributed by atoms with E-state index in [1.165, 1.54) is 0 Å². The number of para-hydroxylation sites is 1. The number of ether oxygens (including phenoxy) is 1. The Labute approximate surface area is 108 Å². The summed E-state index contributed by atoms with van der Waals surface area (Å²) in [5, 5.41) is 5.78. The molecule has 0 aromatic heterocycles. The molecule has 0 fully saturated rings. The minimum absolute atomic E-state index is 0. The summed E-state index contributed by atoms with van der Waals surface area (Å²) in [6.45, 7) is 1.20. The highest BCUT2D eigenvalue weighted by Crippen LogP contribution is 2.16. The van der Waals surface area contributed by atoms with Crippen LogP contribution < -0.4 is 15.4 Å². The van der Waals surface area contributed by atoms with Crippen molar-refractivity contribution in [3.8, 4) is 5.75 Å². The summed E-state index contributed by atoms with van der Waals surface area (Å²) >= 11 is 0. The van der Waals surface area contributed by atoms with Crippen LogP contribution >= 0.6 is 12.4 Å². The van der Waals surface area contributed by atoms with Crippen molar-refractivity contribution in [1.82, 2.24) is 10.6 Å². The van der Waals surface area contributed by atoms with Gasteiger partial charge in [0.25, 0.3) is 0 Å². The topological polar surface area (TPSA) is 50.4 Å². The highest BCUT2D eigenvalue weighted by Gasteiger charge is 2.03. The van der Waals surface area contributed by atoms with Gasteiger partial charge in [0.05, 0.1) is 7.11 Å². The summed E-state index contributed by atoms with van der Waals surface area (Å²) in [6, 6.07) is 7.66. The van der Waals surface area contributed by atoms with E-state index in [0.29, 0.717) is 19.5 Å². The van der Waals surface area contributed by atoms with E-state index < -0.39 is 0 Å². The van der Waals surface area contributed by atoms with Crippen LogP contribution in [0, 0.1) is 0 Å². The maximum atomic E-state index is 11.4. The number of carbonyl (C=O) groups is 1. The lowest BCUT2D eigenvalue weighted by Crippen LogP contribution is -2.26. The average molecular weight is 259 g/mol. The first-order valence-electron chi connectivity index (χ1n) is 5.31. The lowest BCUT2D eigenvalue weighted by Gasteiger charge is -2.09. The molecule has 0 saturated heterocycles. The Morgan fingerprint density at radius 2 is 2.06 bits per heavy atom. The molecule has 96 valence electrons. The zero-order chi connectivity index (χ0) is 11.8. The van der Waals surface area contributed by atoms with Crippen molar-refractivity contribution in [3.05, 3.63) is 29.8 Å². The molecule has 0 unspecified atom stereocenters. The molecule has 0 aliphatic rings. The van der Waals surface area contributed by atoms with E-state index in [0.717, 1.165) is 11.3 Å². The standard InChI is InChI=1S/C12H18N2O2.ClH/c1-13-8-7-12(15)14-9-10-5-3-4-6-11(10)16-2;/h3-6,13H,7-9H2,1-2H3,(H,14,15);1H. The van der Waals surface area contributed by atoms with Gasteiger partial charge in [-0.25, -0.2) is 0 Å². The number of carbonyl (C=O) groups excluding carboxylic acids is 1. The third-order valence-electron chi connectivity index (χ3n) is 2.27. The minimum Gasteiger partial charge on any atom is -0.496 e. The average Bonchev–Trinajstić information content (AvgIpc) is 2.34. The number of methoxy groups -OCH3 is 1. The summed E-state index contributed by atoms with van der Waals surface area (Å²) in [4.78, 5) is 11.4. The van der Waals surface area contributed by atoms with Gasteiger partial charge in [0.2, 0.25) is 5.91 Å². The second-order valence-electron chi connectivity index (χ2n) is 3.44. The van der Waals surface area contributed by atoms with Crippen LogP contribution in [0.5, 0.6) is 5.75 Å². The van der Waals surface area contributed by atoms with Crippen LogP contribution in [-0.2, 0) is 11.3 Å². The normalized spacial score (nSPS) is 9.29. The van der Waals surface area contributed by atoms with Gasteiger partial charge in [0.1, 0.15) is 5.75 Å². The Kier molecular flexibility index (Phi) is 8.19. The van der Waals surface area contributed by atoms with E-state index >= 15 is 0 Å². The Bertz CT molecular complexity index is 345. The molecule has 0 aliphatic heterocycles. The van der Waals surface area contributed by atoms with Crippen molar-refractivity contribution in [3.63, 3.8) is 0 Å². The van der Waals surface area contributed by atoms with Crippen molar-refractivity contribution in [2.24, 2.45) is 0 Å². The Balaban J connectivity index is 0.00000256. The quantitative estimate of drug-likeness (QED) is 0.810. The predicted octanol–water partition coefficient (Wildman–Crippen LogP) is 1.34. The molecular weight excluding hydrogens is 240 g/mol. The molecule has 1 aromatic carbocycles. The summed E-state index contributed by atoms with van der Waals surface area (Å²) in [5.74, 6) is 0.844. The number of hydrogen-bond acceptors (Lipinski definition) is 3. The van der Waals surface area contributed by atoms with Crippen LogP contribution in [0.1, 0.15) is 12.0 Å². The molecule has 1 aromatic rings. The molecular formula is C12H19ClN2O2. The van der Waals surface area contributed by atoms with E-state index in [-0.39, 0.29) is 18.3 Å². The second kappa shape index (κ2) is 8.84. The fraction of sp³-hybridized carbons (Fsp3) is 0.417. The SMILES string of the molecule is CNCCC(=O)NCc1ccccc1OC.Cl. The maximum absolute atomic E-state index is 11.4. The Morgan fingerprint density at radius 3 is 2.71 bits per heavy atom. The van der Waals surface area contributed by atoms with Crippen LogP contribution in [-0.4, -0.2) is 26.6 Å². The van der Waals surface area contributed by atoms with E-state index in [4.69, 9.17) is 4.74 Å². The minimum atomic E-state index is 0.